The van der Waals surface area contributed by atoms with Crippen LogP contribution in [0.4, 0.5) is 0 Å². The number of nitrogens with zero attached hydrogens (tertiary/aromatic N) is 1. The topological polar surface area (TPSA) is 40.5 Å². The van der Waals surface area contributed by atoms with Crippen LogP contribution < -0.4 is 0 Å². The highest BCUT2D eigenvalue weighted by molar-refractivity contribution is 7.99. The van der Waals surface area contributed by atoms with Crippen LogP contribution >= 0.6 is 11.8 Å². The second kappa shape index (κ2) is 6.71. The van der Waals surface area contributed by atoms with E-state index in [1.54, 1.807) is 4.90 Å². The van der Waals surface area contributed by atoms with E-state index >= 15 is 0 Å². The molecule has 22 heavy (non-hydrogen) atoms. The number of aliphatic hydroxyl groups is 1. The van der Waals surface area contributed by atoms with E-state index in [2.05, 4.69) is 30.3 Å². The van der Waals surface area contributed by atoms with Gasteiger partial charge in [0.1, 0.15) is 0 Å². The van der Waals surface area contributed by atoms with Crippen molar-refractivity contribution in [2.45, 2.75) is 18.4 Å². The molecule has 0 spiro atoms. The van der Waals surface area contributed by atoms with Crippen molar-refractivity contribution in [3.63, 3.8) is 0 Å². The molecule has 116 valence electrons. The Labute approximate surface area is 135 Å². The maximum absolute atomic E-state index is 12.0. The Balaban J connectivity index is 1.76. The number of amides is 1. The number of aliphatic hydroxyl groups excluding tert-OH is 1. The van der Waals surface area contributed by atoms with Crippen molar-refractivity contribution >= 4 is 28.4 Å². The zero-order chi connectivity index (χ0) is 15.5. The molecule has 1 heterocycles. The highest BCUT2D eigenvalue weighted by Gasteiger charge is 2.30. The number of benzene rings is 2. The molecule has 1 fully saturated rings. The van der Waals surface area contributed by atoms with Gasteiger partial charge in [-0.25, -0.2) is 0 Å². The number of rotatable bonds is 3. The summed E-state index contributed by atoms with van der Waals surface area (Å²) in [5.74, 6) is 0.735. The van der Waals surface area contributed by atoms with Crippen LogP contribution in [0.5, 0.6) is 0 Å². The maximum atomic E-state index is 12.0. The Morgan fingerprint density at radius 1 is 1.27 bits per heavy atom. The minimum atomic E-state index is -0.485. The number of fused-ring (bicyclic) bond motifs is 1. The van der Waals surface area contributed by atoms with E-state index in [-0.39, 0.29) is 11.8 Å². The van der Waals surface area contributed by atoms with Gasteiger partial charge in [-0.05, 0) is 29.0 Å². The number of carbonyl (C=O) groups excluding carboxylic acids is 1. The molecule has 0 aromatic heterocycles. The van der Waals surface area contributed by atoms with Crippen molar-refractivity contribution in [2.24, 2.45) is 0 Å². The van der Waals surface area contributed by atoms with Gasteiger partial charge >= 0.3 is 0 Å². The molecular formula is C18H21NO2S. The molecule has 1 amide bonds. The lowest BCUT2D eigenvalue weighted by molar-refractivity contribution is -0.131. The van der Waals surface area contributed by atoms with Gasteiger partial charge in [-0.3, -0.25) is 4.79 Å². The van der Waals surface area contributed by atoms with E-state index in [1.165, 1.54) is 28.1 Å². The van der Waals surface area contributed by atoms with Crippen molar-refractivity contribution in [3.8, 4) is 0 Å². The average molecular weight is 315 g/mol. The smallest absolute Gasteiger partial charge is 0.232 e. The number of carbonyl (C=O) groups is 1. The van der Waals surface area contributed by atoms with Gasteiger partial charge < -0.3 is 10.0 Å². The first-order valence-electron chi connectivity index (χ1n) is 7.62. The van der Waals surface area contributed by atoms with Crippen LogP contribution in [0, 0.1) is 0 Å². The number of hydrogen-bond acceptors (Lipinski definition) is 3. The third-order valence-electron chi connectivity index (χ3n) is 4.40. The van der Waals surface area contributed by atoms with Gasteiger partial charge in [0.15, 0.2) is 0 Å². The number of hydrogen-bond donors (Lipinski definition) is 1. The lowest BCUT2D eigenvalue weighted by atomic mass is 9.86. The minimum absolute atomic E-state index is 0.114. The number of β-amino-alcohol motifs (C(OH)–C–C–N with tert-alkyl or cyclic N) is 1. The monoisotopic (exact) mass is 315 g/mol. The molecular weight excluding hydrogens is 294 g/mol. The molecule has 0 saturated carbocycles. The third kappa shape index (κ3) is 3.13. The second-order valence-corrected chi connectivity index (χ2v) is 6.71. The molecule has 2 aromatic rings. The first-order chi connectivity index (χ1) is 10.7. The summed E-state index contributed by atoms with van der Waals surface area (Å²) >= 11 is 1.53. The SMILES string of the molecule is CSCC(=O)N1CC[C@@H](c2ccc3ccccc3c2)[C@H](O)C1. The van der Waals surface area contributed by atoms with Crippen LogP contribution in [0.15, 0.2) is 42.5 Å². The Bertz CT molecular complexity index is 673. The average Bonchev–Trinajstić information content (AvgIpc) is 2.54. The van der Waals surface area contributed by atoms with Crippen LogP contribution in [0.3, 0.4) is 0 Å². The van der Waals surface area contributed by atoms with Gasteiger partial charge in [-0.15, -0.1) is 0 Å². The number of thioether (sulfide) groups is 1. The van der Waals surface area contributed by atoms with Crippen LogP contribution in [-0.2, 0) is 4.79 Å². The van der Waals surface area contributed by atoms with Gasteiger partial charge in [-0.2, -0.15) is 11.8 Å². The quantitative estimate of drug-likeness (QED) is 0.947. The fourth-order valence-electron chi connectivity index (χ4n) is 3.20. The summed E-state index contributed by atoms with van der Waals surface area (Å²) in [6, 6.07) is 14.7. The van der Waals surface area contributed by atoms with Crippen molar-refractivity contribution in [1.29, 1.82) is 0 Å². The van der Waals surface area contributed by atoms with Crippen molar-refractivity contribution in [2.75, 3.05) is 25.1 Å². The summed E-state index contributed by atoms with van der Waals surface area (Å²) in [5, 5.41) is 12.9. The van der Waals surface area contributed by atoms with Gasteiger partial charge in [0.05, 0.1) is 11.9 Å². The molecule has 1 aliphatic heterocycles. The summed E-state index contributed by atoms with van der Waals surface area (Å²) in [5.41, 5.74) is 1.17. The third-order valence-corrected chi connectivity index (χ3v) is 4.94. The number of likely N-dealkylation sites (tertiary alicyclic amines) is 1. The summed E-state index contributed by atoms with van der Waals surface area (Å²) in [4.78, 5) is 13.7. The lowest BCUT2D eigenvalue weighted by Crippen LogP contribution is -2.46. The van der Waals surface area contributed by atoms with Crippen molar-refractivity contribution < 1.29 is 9.90 Å². The zero-order valence-corrected chi connectivity index (χ0v) is 13.6. The van der Waals surface area contributed by atoms with Crippen LogP contribution in [0.2, 0.25) is 0 Å². The fraction of sp³-hybridized carbons (Fsp3) is 0.389. The highest BCUT2D eigenvalue weighted by atomic mass is 32.2. The molecule has 0 aliphatic carbocycles. The molecule has 2 atom stereocenters. The molecule has 0 unspecified atom stereocenters. The van der Waals surface area contributed by atoms with Crippen molar-refractivity contribution in [3.05, 3.63) is 48.0 Å². The predicted octanol–water partition coefficient (Wildman–Crippen LogP) is 2.88. The minimum Gasteiger partial charge on any atom is -0.391 e. The molecule has 1 N–H and O–H groups in total. The van der Waals surface area contributed by atoms with E-state index in [0.29, 0.717) is 12.3 Å². The molecule has 2 aromatic carbocycles. The van der Waals surface area contributed by atoms with E-state index in [4.69, 9.17) is 0 Å². The van der Waals surface area contributed by atoms with Crippen molar-refractivity contribution in [1.82, 2.24) is 4.90 Å². The first-order valence-corrected chi connectivity index (χ1v) is 9.02. The fourth-order valence-corrected chi connectivity index (χ4v) is 3.63. The highest BCUT2D eigenvalue weighted by Crippen LogP contribution is 2.30. The standard InChI is InChI=1S/C18H21NO2S/c1-22-12-18(21)19-9-8-16(17(20)11-19)15-7-6-13-4-2-3-5-14(13)10-15/h2-7,10,16-17,20H,8-9,11-12H2,1H3/t16-,17+/m0/s1. The van der Waals surface area contributed by atoms with Gasteiger partial charge in [0, 0.05) is 19.0 Å². The maximum Gasteiger partial charge on any atom is 0.232 e. The van der Waals surface area contributed by atoms with Crippen LogP contribution in [0.25, 0.3) is 10.8 Å². The van der Waals surface area contributed by atoms with Crippen LogP contribution in [-0.4, -0.2) is 47.1 Å². The Hall–Kier alpha value is -1.52. The van der Waals surface area contributed by atoms with Gasteiger partial charge in [0.25, 0.3) is 0 Å². The normalized spacial score (nSPS) is 22.0. The summed E-state index contributed by atoms with van der Waals surface area (Å²) in [6.45, 7) is 1.17. The lowest BCUT2D eigenvalue weighted by Gasteiger charge is -2.36. The second-order valence-electron chi connectivity index (χ2n) is 5.84. The molecule has 1 aliphatic rings. The molecule has 4 heteroatoms. The number of piperidine rings is 1. The van der Waals surface area contributed by atoms with Gasteiger partial charge in [-0.1, -0.05) is 42.5 Å². The molecule has 3 nitrogen and oxygen atoms in total. The van der Waals surface area contributed by atoms with E-state index in [1.807, 2.05) is 18.4 Å². The Kier molecular flexibility index (Phi) is 4.69. The predicted molar refractivity (Wildman–Crippen MR) is 92.3 cm³/mol. The zero-order valence-electron chi connectivity index (χ0n) is 12.7. The van der Waals surface area contributed by atoms with E-state index in [0.717, 1.165) is 13.0 Å². The van der Waals surface area contributed by atoms with E-state index < -0.39 is 6.10 Å². The van der Waals surface area contributed by atoms with Crippen LogP contribution in [0.1, 0.15) is 17.9 Å². The molecule has 0 bridgehead atoms. The molecule has 3 rings (SSSR count). The molecule has 0 radical (unpaired) electrons. The van der Waals surface area contributed by atoms with Gasteiger partial charge in [0.2, 0.25) is 5.91 Å². The molecule has 1 saturated heterocycles. The van der Waals surface area contributed by atoms with E-state index in [9.17, 15) is 9.90 Å². The summed E-state index contributed by atoms with van der Waals surface area (Å²) < 4.78 is 0. The first kappa shape index (κ1) is 15.4. The summed E-state index contributed by atoms with van der Waals surface area (Å²) in [7, 11) is 0. The summed E-state index contributed by atoms with van der Waals surface area (Å²) in [6.07, 6.45) is 2.26. The largest absolute Gasteiger partial charge is 0.391 e. The Morgan fingerprint density at radius 3 is 2.77 bits per heavy atom. The Morgan fingerprint density at radius 2 is 2.05 bits per heavy atom.